The molecular formula is C17H25NO5. The van der Waals surface area contributed by atoms with Gasteiger partial charge in [-0.15, -0.1) is 0 Å². The van der Waals surface area contributed by atoms with Gasteiger partial charge in [0.05, 0.1) is 12.7 Å². The summed E-state index contributed by atoms with van der Waals surface area (Å²) >= 11 is 0. The van der Waals surface area contributed by atoms with E-state index in [0.717, 1.165) is 12.8 Å². The van der Waals surface area contributed by atoms with E-state index >= 15 is 0 Å². The molecule has 0 amide bonds. The molecule has 0 aromatic heterocycles. The maximum atomic E-state index is 11.0. The Morgan fingerprint density at radius 2 is 2.00 bits per heavy atom. The molecule has 0 radical (unpaired) electrons. The topological polar surface area (TPSA) is 95.9 Å². The number of aliphatic hydroxyl groups is 1. The summed E-state index contributed by atoms with van der Waals surface area (Å²) in [5.74, 6) is -0.977. The van der Waals surface area contributed by atoms with Crippen LogP contribution in [0.25, 0.3) is 0 Å². The zero-order chi connectivity index (χ0) is 17.1. The lowest BCUT2D eigenvalue weighted by Crippen LogP contribution is -2.29. The Bertz CT molecular complexity index is 477. The first-order valence-corrected chi connectivity index (χ1v) is 7.86. The molecule has 1 saturated heterocycles. The van der Waals surface area contributed by atoms with Crippen LogP contribution < -0.4 is 5.32 Å². The fraction of sp³-hybridized carbons (Fsp3) is 0.529. The lowest BCUT2D eigenvalue weighted by atomic mass is 10.1. The summed E-state index contributed by atoms with van der Waals surface area (Å²) in [5, 5.41) is 19.8. The summed E-state index contributed by atoms with van der Waals surface area (Å²) in [6, 6.07) is 9.63. The van der Waals surface area contributed by atoms with E-state index in [2.05, 4.69) is 17.4 Å². The number of carboxylic acid groups (broad SMARTS) is 1. The van der Waals surface area contributed by atoms with Crippen molar-refractivity contribution in [2.24, 2.45) is 0 Å². The third-order valence-corrected chi connectivity index (χ3v) is 3.40. The van der Waals surface area contributed by atoms with E-state index in [9.17, 15) is 9.59 Å². The van der Waals surface area contributed by atoms with Crippen molar-refractivity contribution in [1.82, 2.24) is 5.32 Å². The smallest absolute Gasteiger partial charge is 0.320 e. The van der Waals surface area contributed by atoms with Gasteiger partial charge in [-0.1, -0.05) is 30.3 Å². The number of β-amino-alcohol motifs (C(OH)–C–C–N with tert-alkyl or cyclic N) is 1. The van der Waals surface area contributed by atoms with E-state index in [4.69, 9.17) is 14.9 Å². The number of rotatable bonds is 6. The molecule has 2 rings (SSSR count). The summed E-state index contributed by atoms with van der Waals surface area (Å²) < 4.78 is 4.84. The SMILES string of the molecule is CCOC(=O)CCCc1ccccc1.O=C(O)[C@@H]1C[C@@H](O)CN1. The lowest BCUT2D eigenvalue weighted by molar-refractivity contribution is -0.143. The van der Waals surface area contributed by atoms with Gasteiger partial charge in [-0.2, -0.15) is 0 Å². The van der Waals surface area contributed by atoms with Gasteiger partial charge >= 0.3 is 11.9 Å². The highest BCUT2D eigenvalue weighted by molar-refractivity contribution is 5.73. The third-order valence-electron chi connectivity index (χ3n) is 3.40. The van der Waals surface area contributed by atoms with Crippen molar-refractivity contribution in [3.63, 3.8) is 0 Å². The summed E-state index contributed by atoms with van der Waals surface area (Å²) in [7, 11) is 0. The standard InChI is InChI=1S/C12H16O2.C5H9NO3/c1-2-14-12(13)10-6-9-11-7-4-3-5-8-11;7-3-1-4(5(8)9)6-2-3/h3-5,7-8H,2,6,9-10H2,1H3;3-4,6-7H,1-2H2,(H,8,9)/t;3-,4+/m.1/s1. The monoisotopic (exact) mass is 323 g/mol. The second-order valence-electron chi connectivity index (χ2n) is 5.33. The number of nitrogens with one attached hydrogen (secondary N) is 1. The maximum absolute atomic E-state index is 11.0. The van der Waals surface area contributed by atoms with Crippen LogP contribution in [0.3, 0.4) is 0 Å². The number of hydrogen-bond donors (Lipinski definition) is 3. The molecule has 0 unspecified atom stereocenters. The zero-order valence-corrected chi connectivity index (χ0v) is 13.4. The van der Waals surface area contributed by atoms with Crippen LogP contribution >= 0.6 is 0 Å². The van der Waals surface area contributed by atoms with Crippen LogP contribution in [0.2, 0.25) is 0 Å². The largest absolute Gasteiger partial charge is 0.480 e. The summed E-state index contributed by atoms with van der Waals surface area (Å²) in [4.78, 5) is 21.2. The Balaban J connectivity index is 0.000000253. The van der Waals surface area contributed by atoms with Crippen molar-refractivity contribution in [2.45, 2.75) is 44.8 Å². The molecule has 128 valence electrons. The number of carboxylic acids is 1. The van der Waals surface area contributed by atoms with Gasteiger partial charge in [-0.3, -0.25) is 9.59 Å². The Morgan fingerprint density at radius 1 is 1.30 bits per heavy atom. The number of hydrogen-bond acceptors (Lipinski definition) is 5. The van der Waals surface area contributed by atoms with Crippen LogP contribution in [0.4, 0.5) is 0 Å². The van der Waals surface area contributed by atoms with Gasteiger partial charge in [-0.05, 0) is 25.3 Å². The second kappa shape index (κ2) is 10.7. The molecule has 0 spiro atoms. The van der Waals surface area contributed by atoms with E-state index < -0.39 is 18.1 Å². The molecule has 1 aromatic rings. The number of aliphatic carboxylic acids is 1. The van der Waals surface area contributed by atoms with Crippen molar-refractivity contribution < 1.29 is 24.5 Å². The average Bonchev–Trinajstić information content (AvgIpc) is 2.96. The number of aryl methyl sites for hydroxylation is 1. The van der Waals surface area contributed by atoms with E-state index in [0.29, 0.717) is 26.0 Å². The number of carbonyl (C=O) groups excluding carboxylic acids is 1. The number of carbonyl (C=O) groups is 2. The van der Waals surface area contributed by atoms with E-state index in [1.165, 1.54) is 5.56 Å². The quantitative estimate of drug-likeness (QED) is 0.684. The van der Waals surface area contributed by atoms with Crippen LogP contribution in [0.15, 0.2) is 30.3 Å². The molecule has 3 N–H and O–H groups in total. The zero-order valence-electron chi connectivity index (χ0n) is 13.4. The van der Waals surface area contributed by atoms with Gasteiger partial charge in [0.15, 0.2) is 0 Å². The molecule has 6 nitrogen and oxygen atoms in total. The fourth-order valence-corrected chi connectivity index (χ4v) is 2.22. The predicted molar refractivity (Wildman–Crippen MR) is 86.1 cm³/mol. The number of ether oxygens (including phenoxy) is 1. The molecule has 23 heavy (non-hydrogen) atoms. The molecular weight excluding hydrogens is 298 g/mol. The molecule has 0 aliphatic carbocycles. The first kappa shape index (κ1) is 19.1. The van der Waals surface area contributed by atoms with Crippen molar-refractivity contribution in [1.29, 1.82) is 0 Å². The average molecular weight is 323 g/mol. The molecule has 0 bridgehead atoms. The molecule has 0 saturated carbocycles. The maximum Gasteiger partial charge on any atom is 0.320 e. The highest BCUT2D eigenvalue weighted by atomic mass is 16.5. The summed E-state index contributed by atoms with van der Waals surface area (Å²) in [6.07, 6.45) is 2.17. The van der Waals surface area contributed by atoms with Crippen LogP contribution in [0.5, 0.6) is 0 Å². The van der Waals surface area contributed by atoms with Crippen LogP contribution in [0, 0.1) is 0 Å². The Labute approximate surface area is 136 Å². The molecule has 1 aliphatic heterocycles. The minimum absolute atomic E-state index is 0.0940. The second-order valence-corrected chi connectivity index (χ2v) is 5.33. The van der Waals surface area contributed by atoms with Crippen LogP contribution in [0.1, 0.15) is 31.7 Å². The molecule has 1 aliphatic rings. The Kier molecular flexibility index (Phi) is 8.94. The van der Waals surface area contributed by atoms with Gasteiger partial charge in [0.25, 0.3) is 0 Å². The first-order chi connectivity index (χ1) is 11.0. The van der Waals surface area contributed by atoms with Gasteiger partial charge in [0.2, 0.25) is 0 Å². The van der Waals surface area contributed by atoms with Gasteiger partial charge in [-0.25, -0.2) is 0 Å². The van der Waals surface area contributed by atoms with Gasteiger partial charge in [0, 0.05) is 19.4 Å². The van der Waals surface area contributed by atoms with Crippen molar-refractivity contribution in [2.75, 3.05) is 13.2 Å². The summed E-state index contributed by atoms with van der Waals surface area (Å²) in [6.45, 7) is 2.70. The van der Waals surface area contributed by atoms with Crippen molar-refractivity contribution in [3.8, 4) is 0 Å². The normalized spacial score (nSPS) is 19.6. The predicted octanol–water partition coefficient (Wildman–Crippen LogP) is 1.37. The first-order valence-electron chi connectivity index (χ1n) is 7.86. The minimum atomic E-state index is -0.883. The highest BCUT2D eigenvalue weighted by Gasteiger charge is 2.27. The van der Waals surface area contributed by atoms with Crippen molar-refractivity contribution in [3.05, 3.63) is 35.9 Å². The molecule has 2 atom stereocenters. The summed E-state index contributed by atoms with van der Waals surface area (Å²) in [5.41, 5.74) is 1.27. The third kappa shape index (κ3) is 8.32. The molecule has 1 aromatic carbocycles. The Hall–Kier alpha value is -1.92. The molecule has 6 heteroatoms. The van der Waals surface area contributed by atoms with Crippen molar-refractivity contribution >= 4 is 11.9 Å². The molecule has 1 heterocycles. The Morgan fingerprint density at radius 3 is 2.48 bits per heavy atom. The minimum Gasteiger partial charge on any atom is -0.480 e. The highest BCUT2D eigenvalue weighted by Crippen LogP contribution is 2.05. The number of benzene rings is 1. The van der Waals surface area contributed by atoms with Crippen LogP contribution in [-0.4, -0.2) is 47.4 Å². The van der Waals surface area contributed by atoms with E-state index in [1.807, 2.05) is 25.1 Å². The molecule has 1 fully saturated rings. The fourth-order valence-electron chi connectivity index (χ4n) is 2.22. The van der Waals surface area contributed by atoms with E-state index in [1.54, 1.807) is 0 Å². The van der Waals surface area contributed by atoms with E-state index in [-0.39, 0.29) is 5.97 Å². The van der Waals surface area contributed by atoms with Gasteiger partial charge < -0.3 is 20.3 Å². The van der Waals surface area contributed by atoms with Crippen LogP contribution in [-0.2, 0) is 20.7 Å². The number of aliphatic hydroxyl groups excluding tert-OH is 1. The van der Waals surface area contributed by atoms with Gasteiger partial charge in [0.1, 0.15) is 6.04 Å². The number of esters is 1. The lowest BCUT2D eigenvalue weighted by Gasteiger charge is -2.01.